The molecule has 2 N–H and O–H groups in total. The third-order valence-electron chi connectivity index (χ3n) is 5.38. The van der Waals surface area contributed by atoms with Crippen LogP contribution in [0.2, 0.25) is 0 Å². The first-order valence-corrected chi connectivity index (χ1v) is 10.3. The van der Waals surface area contributed by atoms with Crippen LogP contribution in [0.1, 0.15) is 13.8 Å². The van der Waals surface area contributed by atoms with Crippen LogP contribution in [0.4, 0.5) is 10.1 Å². The Bertz CT molecular complexity index is 1440. The highest BCUT2D eigenvalue weighted by Crippen LogP contribution is 2.36. The van der Waals surface area contributed by atoms with Crippen LogP contribution in [0, 0.1) is 11.7 Å². The molecule has 5 rings (SSSR count). The first-order valence-electron chi connectivity index (χ1n) is 10.3. The number of hydrogen-bond donors (Lipinski definition) is 2. The van der Waals surface area contributed by atoms with Gasteiger partial charge in [0.05, 0.1) is 23.6 Å². The number of nitrogens with zero attached hydrogens (tertiary/aromatic N) is 3. The summed E-state index contributed by atoms with van der Waals surface area (Å²) in [4.78, 5) is 28.1. The highest BCUT2D eigenvalue weighted by atomic mass is 19.1. The van der Waals surface area contributed by atoms with Gasteiger partial charge in [0.2, 0.25) is 5.91 Å². The number of aromatic nitrogens is 4. The van der Waals surface area contributed by atoms with Gasteiger partial charge in [0.15, 0.2) is 0 Å². The van der Waals surface area contributed by atoms with Crippen molar-refractivity contribution in [1.29, 1.82) is 0 Å². The van der Waals surface area contributed by atoms with E-state index >= 15 is 4.39 Å². The summed E-state index contributed by atoms with van der Waals surface area (Å²) in [6, 6.07) is 12.9. The minimum absolute atomic E-state index is 0.0673. The maximum absolute atomic E-state index is 15.1. The van der Waals surface area contributed by atoms with Gasteiger partial charge in [0.1, 0.15) is 11.5 Å². The lowest BCUT2D eigenvalue weighted by atomic mass is 10.00. The normalized spacial score (nSPS) is 11.4. The number of carbonyl (C=O) groups excluding carboxylic acids is 1. The van der Waals surface area contributed by atoms with Gasteiger partial charge in [-0.25, -0.2) is 9.37 Å². The fraction of sp³-hybridized carbons (Fsp3) is 0.120. The fourth-order valence-electron chi connectivity index (χ4n) is 3.70. The molecule has 1 amide bonds. The van der Waals surface area contributed by atoms with Crippen molar-refractivity contribution in [2.24, 2.45) is 5.92 Å². The average Bonchev–Trinajstić information content (AvgIpc) is 3.18. The van der Waals surface area contributed by atoms with E-state index in [0.29, 0.717) is 27.8 Å². The lowest BCUT2D eigenvalue weighted by Crippen LogP contribution is -2.17. The number of benzene rings is 1. The van der Waals surface area contributed by atoms with Crippen LogP contribution >= 0.6 is 0 Å². The standard InChI is InChI=1S/C25H20FN5O/c1-14(2)25(32)30-17-7-5-15(6-8-17)22-19(26)12-29-24-23(22)18-10-20(28-13-21(18)31-24)16-4-3-9-27-11-16/h3-14H,1-2H3,(H,29,31)(H,30,32). The zero-order chi connectivity index (χ0) is 22.2. The van der Waals surface area contributed by atoms with Gasteiger partial charge in [-0.15, -0.1) is 0 Å². The summed E-state index contributed by atoms with van der Waals surface area (Å²) in [5.74, 6) is -0.611. The summed E-state index contributed by atoms with van der Waals surface area (Å²) in [5.41, 5.74) is 4.78. The minimum atomic E-state index is -0.419. The van der Waals surface area contributed by atoms with E-state index in [9.17, 15) is 4.79 Å². The van der Waals surface area contributed by atoms with E-state index in [0.717, 1.165) is 22.2 Å². The summed E-state index contributed by atoms with van der Waals surface area (Å²) >= 11 is 0. The molecule has 5 aromatic rings. The number of nitrogens with one attached hydrogen (secondary N) is 2. The summed E-state index contributed by atoms with van der Waals surface area (Å²) in [5, 5.41) is 4.37. The Hall–Kier alpha value is -4.13. The molecule has 0 fully saturated rings. The van der Waals surface area contributed by atoms with E-state index in [-0.39, 0.29) is 11.8 Å². The molecule has 0 aliphatic carbocycles. The largest absolute Gasteiger partial charge is 0.338 e. The SMILES string of the molecule is CC(C)C(=O)Nc1ccc(-c2c(F)cnc3[nH]c4cnc(-c5cccnc5)cc4c23)cc1. The van der Waals surface area contributed by atoms with Crippen molar-refractivity contribution in [3.05, 3.63) is 73.1 Å². The van der Waals surface area contributed by atoms with Crippen LogP contribution in [-0.2, 0) is 4.79 Å². The van der Waals surface area contributed by atoms with E-state index in [1.54, 1.807) is 42.9 Å². The third-order valence-corrected chi connectivity index (χ3v) is 5.38. The Kier molecular flexibility index (Phi) is 4.86. The van der Waals surface area contributed by atoms with Gasteiger partial charge in [-0.05, 0) is 35.9 Å². The van der Waals surface area contributed by atoms with E-state index < -0.39 is 5.82 Å². The molecule has 1 aromatic carbocycles. The van der Waals surface area contributed by atoms with Crippen molar-refractivity contribution < 1.29 is 9.18 Å². The predicted molar refractivity (Wildman–Crippen MR) is 123 cm³/mol. The lowest BCUT2D eigenvalue weighted by Gasteiger charge is -2.10. The Balaban J connectivity index is 1.65. The molecule has 0 bridgehead atoms. The Morgan fingerprint density at radius 2 is 1.84 bits per heavy atom. The molecule has 158 valence electrons. The molecular weight excluding hydrogens is 405 g/mol. The summed E-state index contributed by atoms with van der Waals surface area (Å²) in [6.07, 6.45) is 6.40. The van der Waals surface area contributed by atoms with E-state index in [2.05, 4.69) is 25.3 Å². The molecule has 4 heterocycles. The molecule has 0 radical (unpaired) electrons. The molecule has 0 saturated carbocycles. The summed E-state index contributed by atoms with van der Waals surface area (Å²) < 4.78 is 15.1. The van der Waals surface area contributed by atoms with Crippen molar-refractivity contribution in [3.63, 3.8) is 0 Å². The second kappa shape index (κ2) is 7.85. The minimum Gasteiger partial charge on any atom is -0.338 e. The number of pyridine rings is 3. The molecule has 6 nitrogen and oxygen atoms in total. The molecule has 4 aromatic heterocycles. The zero-order valence-corrected chi connectivity index (χ0v) is 17.6. The first kappa shape index (κ1) is 19.8. The maximum Gasteiger partial charge on any atom is 0.226 e. The quantitative estimate of drug-likeness (QED) is 0.394. The number of anilines is 1. The van der Waals surface area contributed by atoms with Gasteiger partial charge in [-0.3, -0.25) is 14.8 Å². The van der Waals surface area contributed by atoms with Crippen molar-refractivity contribution in [3.8, 4) is 22.4 Å². The number of amides is 1. The molecule has 0 saturated heterocycles. The van der Waals surface area contributed by atoms with Crippen LogP contribution in [0.3, 0.4) is 0 Å². The van der Waals surface area contributed by atoms with Crippen LogP contribution in [0.5, 0.6) is 0 Å². The molecular formula is C25H20FN5O. The lowest BCUT2D eigenvalue weighted by molar-refractivity contribution is -0.118. The van der Waals surface area contributed by atoms with Crippen molar-refractivity contribution in [1.82, 2.24) is 19.9 Å². The van der Waals surface area contributed by atoms with Gasteiger partial charge < -0.3 is 10.3 Å². The van der Waals surface area contributed by atoms with Crippen LogP contribution < -0.4 is 5.32 Å². The molecule has 0 aliphatic rings. The third kappa shape index (κ3) is 3.47. The summed E-state index contributed by atoms with van der Waals surface area (Å²) in [6.45, 7) is 3.66. The van der Waals surface area contributed by atoms with Crippen molar-refractivity contribution in [2.45, 2.75) is 13.8 Å². The number of aromatic amines is 1. The number of H-pyrrole nitrogens is 1. The molecule has 0 spiro atoms. The molecule has 0 atom stereocenters. The monoisotopic (exact) mass is 425 g/mol. The zero-order valence-electron chi connectivity index (χ0n) is 17.6. The second-order valence-corrected chi connectivity index (χ2v) is 7.91. The Morgan fingerprint density at radius 3 is 2.56 bits per heavy atom. The van der Waals surface area contributed by atoms with Crippen molar-refractivity contribution in [2.75, 3.05) is 5.32 Å². The number of fused-ring (bicyclic) bond motifs is 3. The van der Waals surface area contributed by atoms with E-state index in [4.69, 9.17) is 0 Å². The van der Waals surface area contributed by atoms with E-state index in [1.165, 1.54) is 6.20 Å². The maximum atomic E-state index is 15.1. The Morgan fingerprint density at radius 1 is 1.03 bits per heavy atom. The number of rotatable bonds is 4. The Labute approximate surface area is 183 Å². The van der Waals surface area contributed by atoms with Gasteiger partial charge in [0, 0.05) is 45.9 Å². The van der Waals surface area contributed by atoms with Crippen LogP contribution in [0.25, 0.3) is 44.3 Å². The predicted octanol–water partition coefficient (Wildman–Crippen LogP) is 5.57. The van der Waals surface area contributed by atoms with Crippen LogP contribution in [-0.4, -0.2) is 25.8 Å². The first-order chi connectivity index (χ1) is 15.5. The number of halogens is 1. The highest BCUT2D eigenvalue weighted by Gasteiger charge is 2.17. The molecule has 0 unspecified atom stereocenters. The van der Waals surface area contributed by atoms with Crippen molar-refractivity contribution >= 4 is 33.5 Å². The summed E-state index contributed by atoms with van der Waals surface area (Å²) in [7, 11) is 0. The highest BCUT2D eigenvalue weighted by molar-refractivity contribution is 6.13. The van der Waals surface area contributed by atoms with Gasteiger partial charge >= 0.3 is 0 Å². The van der Waals surface area contributed by atoms with Crippen LogP contribution in [0.15, 0.2) is 67.3 Å². The molecule has 32 heavy (non-hydrogen) atoms. The molecule has 7 heteroatoms. The smallest absolute Gasteiger partial charge is 0.226 e. The van der Waals surface area contributed by atoms with Gasteiger partial charge in [0.25, 0.3) is 0 Å². The molecule has 0 aliphatic heterocycles. The fourth-order valence-corrected chi connectivity index (χ4v) is 3.70. The van der Waals surface area contributed by atoms with E-state index in [1.807, 2.05) is 32.0 Å². The number of hydrogen-bond acceptors (Lipinski definition) is 4. The topological polar surface area (TPSA) is 83.6 Å². The van der Waals surface area contributed by atoms with Gasteiger partial charge in [-0.2, -0.15) is 0 Å². The number of carbonyl (C=O) groups is 1. The second-order valence-electron chi connectivity index (χ2n) is 7.91. The van der Waals surface area contributed by atoms with Gasteiger partial charge in [-0.1, -0.05) is 26.0 Å². The average molecular weight is 425 g/mol.